The summed E-state index contributed by atoms with van der Waals surface area (Å²) in [4.78, 5) is 6.98. The summed E-state index contributed by atoms with van der Waals surface area (Å²) >= 11 is 0. The van der Waals surface area contributed by atoms with Gasteiger partial charge in [0.15, 0.2) is 0 Å². The molecule has 29 heavy (non-hydrogen) atoms. The summed E-state index contributed by atoms with van der Waals surface area (Å²) in [5, 5.41) is 7.95. The number of fused-ring (bicyclic) bond motifs is 1. The minimum Gasteiger partial charge on any atom is -0.390 e. The molecule has 4 rings (SSSR count). The number of aromatic nitrogens is 3. The van der Waals surface area contributed by atoms with Crippen molar-refractivity contribution in [1.82, 2.24) is 19.5 Å². The van der Waals surface area contributed by atoms with Crippen molar-refractivity contribution in [2.24, 2.45) is 11.8 Å². The lowest BCUT2D eigenvalue weighted by Crippen LogP contribution is -2.42. The van der Waals surface area contributed by atoms with Crippen LogP contribution < -0.4 is 4.84 Å². The van der Waals surface area contributed by atoms with Gasteiger partial charge in [0.05, 0.1) is 4.90 Å². The molecule has 154 valence electrons. The number of sulfonamides is 1. The SMILES string of the molecule is CC1CC(C)CN(S(=O)(=O)c2ccc3nnn(OCc4cccc(F)c4)c3c2)C1. The molecule has 0 N–H and O–H groups in total. The molecule has 1 saturated heterocycles. The minimum absolute atomic E-state index is 0.0777. The fourth-order valence-corrected chi connectivity index (χ4v) is 5.55. The zero-order valence-electron chi connectivity index (χ0n) is 16.3. The van der Waals surface area contributed by atoms with Crippen LogP contribution in [-0.2, 0) is 16.6 Å². The first-order valence-corrected chi connectivity index (χ1v) is 11.0. The number of rotatable bonds is 5. The molecule has 0 saturated carbocycles. The van der Waals surface area contributed by atoms with Crippen LogP contribution in [0.25, 0.3) is 11.0 Å². The Balaban J connectivity index is 1.61. The van der Waals surface area contributed by atoms with Crippen LogP contribution in [-0.4, -0.2) is 41.0 Å². The van der Waals surface area contributed by atoms with E-state index < -0.39 is 10.0 Å². The van der Waals surface area contributed by atoms with Crippen LogP contribution in [0.3, 0.4) is 0 Å². The molecular weight excluding hydrogens is 395 g/mol. The molecule has 2 aromatic carbocycles. The standard InChI is InChI=1S/C20H23FN4O3S/c1-14-8-15(2)12-24(11-14)29(26,27)18-6-7-19-20(10-18)25(23-22-19)28-13-16-4-3-5-17(21)9-16/h3-7,9-10,14-15H,8,11-13H2,1-2H3. The van der Waals surface area contributed by atoms with Gasteiger partial charge in [-0.2, -0.15) is 4.31 Å². The second-order valence-corrected chi connectivity index (χ2v) is 9.72. The quantitative estimate of drug-likeness (QED) is 0.637. The van der Waals surface area contributed by atoms with Gasteiger partial charge in [-0.05, 0) is 59.4 Å². The second-order valence-electron chi connectivity index (χ2n) is 7.78. The van der Waals surface area contributed by atoms with E-state index >= 15 is 0 Å². The van der Waals surface area contributed by atoms with E-state index in [1.165, 1.54) is 23.0 Å². The number of benzene rings is 2. The first-order chi connectivity index (χ1) is 13.8. The third-order valence-electron chi connectivity index (χ3n) is 5.10. The van der Waals surface area contributed by atoms with E-state index in [4.69, 9.17) is 4.84 Å². The molecule has 1 aliphatic rings. The lowest BCUT2D eigenvalue weighted by atomic mass is 9.94. The molecule has 2 unspecified atom stereocenters. The number of hydrogen-bond acceptors (Lipinski definition) is 5. The molecule has 9 heteroatoms. The van der Waals surface area contributed by atoms with Crippen LogP contribution in [0.1, 0.15) is 25.8 Å². The summed E-state index contributed by atoms with van der Waals surface area (Å²) in [6.07, 6.45) is 1.02. The molecule has 3 aromatic rings. The van der Waals surface area contributed by atoms with Crippen molar-refractivity contribution in [3.05, 3.63) is 53.8 Å². The van der Waals surface area contributed by atoms with Gasteiger partial charge >= 0.3 is 0 Å². The van der Waals surface area contributed by atoms with Gasteiger partial charge in [-0.1, -0.05) is 30.8 Å². The van der Waals surface area contributed by atoms with E-state index in [-0.39, 0.29) is 17.3 Å². The van der Waals surface area contributed by atoms with Gasteiger partial charge in [0.1, 0.15) is 23.5 Å². The Morgan fingerprint density at radius 1 is 1.14 bits per heavy atom. The smallest absolute Gasteiger partial charge is 0.243 e. The zero-order chi connectivity index (χ0) is 20.6. The Hall–Kier alpha value is -2.52. The number of piperidine rings is 1. The Morgan fingerprint density at radius 3 is 2.62 bits per heavy atom. The fourth-order valence-electron chi connectivity index (χ4n) is 3.85. The molecule has 2 heterocycles. The van der Waals surface area contributed by atoms with Crippen molar-refractivity contribution in [2.45, 2.75) is 31.8 Å². The first-order valence-electron chi connectivity index (χ1n) is 9.56. The number of nitrogens with zero attached hydrogens (tertiary/aromatic N) is 4. The Labute approximate surface area is 169 Å². The monoisotopic (exact) mass is 418 g/mol. The minimum atomic E-state index is -3.63. The highest BCUT2D eigenvalue weighted by atomic mass is 32.2. The number of hydrogen-bond donors (Lipinski definition) is 0. The largest absolute Gasteiger partial charge is 0.390 e. The molecule has 1 aromatic heterocycles. The molecule has 0 spiro atoms. The van der Waals surface area contributed by atoms with Crippen molar-refractivity contribution in [3.8, 4) is 0 Å². The van der Waals surface area contributed by atoms with E-state index in [1.54, 1.807) is 28.6 Å². The molecule has 1 aliphatic heterocycles. The molecule has 0 radical (unpaired) electrons. The van der Waals surface area contributed by atoms with Gasteiger partial charge in [-0.15, -0.1) is 5.10 Å². The highest BCUT2D eigenvalue weighted by Crippen LogP contribution is 2.27. The predicted octanol–water partition coefficient (Wildman–Crippen LogP) is 2.87. The first kappa shape index (κ1) is 19.8. The average Bonchev–Trinajstić information content (AvgIpc) is 3.08. The maximum Gasteiger partial charge on any atom is 0.243 e. The van der Waals surface area contributed by atoms with E-state index in [0.717, 1.165) is 6.42 Å². The highest BCUT2D eigenvalue weighted by molar-refractivity contribution is 7.89. The molecule has 7 nitrogen and oxygen atoms in total. The van der Waals surface area contributed by atoms with Crippen LogP contribution in [0.5, 0.6) is 0 Å². The van der Waals surface area contributed by atoms with Crippen molar-refractivity contribution in [1.29, 1.82) is 0 Å². The topological polar surface area (TPSA) is 77.3 Å². The summed E-state index contributed by atoms with van der Waals surface area (Å²) in [6.45, 7) is 5.24. The normalized spacial score (nSPS) is 20.8. The van der Waals surface area contributed by atoms with Crippen molar-refractivity contribution >= 4 is 21.1 Å². The van der Waals surface area contributed by atoms with Crippen LogP contribution in [0.4, 0.5) is 4.39 Å². The zero-order valence-corrected chi connectivity index (χ0v) is 17.1. The predicted molar refractivity (Wildman–Crippen MR) is 106 cm³/mol. The van der Waals surface area contributed by atoms with Crippen molar-refractivity contribution in [2.75, 3.05) is 13.1 Å². The number of halogens is 1. The molecule has 0 bridgehead atoms. The van der Waals surface area contributed by atoms with Crippen LogP contribution in [0.2, 0.25) is 0 Å². The Bertz CT molecular complexity index is 1120. The Kier molecular flexibility index (Phi) is 5.26. The van der Waals surface area contributed by atoms with Gasteiger partial charge in [0.25, 0.3) is 0 Å². The van der Waals surface area contributed by atoms with Crippen LogP contribution >= 0.6 is 0 Å². The van der Waals surface area contributed by atoms with E-state index in [0.29, 0.717) is 41.5 Å². The molecule has 1 fully saturated rings. The van der Waals surface area contributed by atoms with E-state index in [9.17, 15) is 12.8 Å². The molecular formula is C20H23FN4O3S. The lowest BCUT2D eigenvalue weighted by molar-refractivity contribution is 0.0749. The van der Waals surface area contributed by atoms with Crippen molar-refractivity contribution < 1.29 is 17.6 Å². The fraction of sp³-hybridized carbons (Fsp3) is 0.400. The second kappa shape index (κ2) is 7.72. The summed E-state index contributed by atoms with van der Waals surface area (Å²) in [6, 6.07) is 10.7. The van der Waals surface area contributed by atoms with E-state index in [1.807, 2.05) is 0 Å². The van der Waals surface area contributed by atoms with Gasteiger partial charge in [-0.25, -0.2) is 12.8 Å². The highest BCUT2D eigenvalue weighted by Gasteiger charge is 2.32. The van der Waals surface area contributed by atoms with Crippen LogP contribution in [0, 0.1) is 17.7 Å². The van der Waals surface area contributed by atoms with Gasteiger partial charge < -0.3 is 4.84 Å². The third kappa shape index (κ3) is 4.11. The maximum atomic E-state index is 13.3. The Morgan fingerprint density at radius 2 is 1.90 bits per heavy atom. The summed E-state index contributed by atoms with van der Waals surface area (Å²) < 4.78 is 41.2. The third-order valence-corrected chi connectivity index (χ3v) is 6.93. The van der Waals surface area contributed by atoms with Gasteiger partial charge in [0, 0.05) is 13.1 Å². The summed E-state index contributed by atoms with van der Waals surface area (Å²) in [5.74, 6) is 0.283. The lowest BCUT2D eigenvalue weighted by Gasteiger charge is -2.34. The van der Waals surface area contributed by atoms with E-state index in [2.05, 4.69) is 24.2 Å². The average molecular weight is 418 g/mol. The molecule has 0 aliphatic carbocycles. The molecule has 2 atom stereocenters. The molecule has 0 amide bonds. The maximum absolute atomic E-state index is 13.3. The van der Waals surface area contributed by atoms with Crippen molar-refractivity contribution in [3.63, 3.8) is 0 Å². The van der Waals surface area contributed by atoms with Gasteiger partial charge in [0.2, 0.25) is 10.0 Å². The van der Waals surface area contributed by atoms with Gasteiger partial charge in [-0.3, -0.25) is 0 Å². The summed E-state index contributed by atoms with van der Waals surface area (Å²) in [5.41, 5.74) is 1.60. The summed E-state index contributed by atoms with van der Waals surface area (Å²) in [7, 11) is -3.63. The van der Waals surface area contributed by atoms with Crippen LogP contribution in [0.15, 0.2) is 47.4 Å².